The molecule has 4 nitrogen and oxygen atoms in total. The lowest BCUT2D eigenvalue weighted by molar-refractivity contribution is -0.141. The van der Waals surface area contributed by atoms with Crippen molar-refractivity contribution in [3.63, 3.8) is 0 Å². The fourth-order valence-electron chi connectivity index (χ4n) is 2.64. The van der Waals surface area contributed by atoms with Crippen LogP contribution in [0, 0.1) is 0 Å². The summed E-state index contributed by atoms with van der Waals surface area (Å²) in [6.45, 7) is 1.93. The van der Waals surface area contributed by atoms with E-state index in [4.69, 9.17) is 9.47 Å². The van der Waals surface area contributed by atoms with Crippen LogP contribution in [0.5, 0.6) is 17.2 Å². The monoisotopic (exact) mass is 338 g/mol. The fourth-order valence-corrected chi connectivity index (χ4v) is 2.64. The van der Waals surface area contributed by atoms with E-state index in [9.17, 15) is 13.2 Å². The van der Waals surface area contributed by atoms with Gasteiger partial charge in [0.05, 0.1) is 13.3 Å². The van der Waals surface area contributed by atoms with Gasteiger partial charge < -0.3 is 14.4 Å². The van der Waals surface area contributed by atoms with Gasteiger partial charge in [0.25, 0.3) is 0 Å². The van der Waals surface area contributed by atoms with Crippen molar-refractivity contribution in [3.05, 3.63) is 42.2 Å². The molecule has 0 unspecified atom stereocenters. The molecule has 3 rings (SSSR count). The largest absolute Gasteiger partial charge is 0.497 e. The van der Waals surface area contributed by atoms with Gasteiger partial charge in [-0.3, -0.25) is 0 Å². The average Bonchev–Trinajstić information content (AvgIpc) is 3.08. The van der Waals surface area contributed by atoms with E-state index in [0.29, 0.717) is 11.5 Å². The number of alkyl halides is 3. The van der Waals surface area contributed by atoms with Crippen LogP contribution in [0.3, 0.4) is 0 Å². The molecule has 0 aliphatic carbocycles. The molecule has 0 spiro atoms. The third kappa shape index (κ3) is 3.72. The predicted octanol–water partition coefficient (Wildman–Crippen LogP) is 4.50. The molecular weight excluding hydrogens is 321 g/mol. The van der Waals surface area contributed by atoms with Crippen LogP contribution in [0.4, 0.5) is 18.9 Å². The first-order valence-corrected chi connectivity index (χ1v) is 7.61. The Morgan fingerprint density at radius 3 is 2.29 bits per heavy atom. The minimum Gasteiger partial charge on any atom is -0.497 e. The third-order valence-electron chi connectivity index (χ3n) is 3.83. The van der Waals surface area contributed by atoms with Crippen LogP contribution >= 0.6 is 0 Å². The molecule has 2 aromatic rings. The van der Waals surface area contributed by atoms with Gasteiger partial charge in [-0.25, -0.2) is 4.98 Å². The maximum atomic E-state index is 12.5. The first kappa shape index (κ1) is 16.4. The fraction of sp³-hybridized carbons (Fsp3) is 0.353. The van der Waals surface area contributed by atoms with Crippen LogP contribution in [0.25, 0.3) is 0 Å². The molecule has 0 radical (unpaired) electrons. The Morgan fingerprint density at radius 2 is 1.71 bits per heavy atom. The number of benzene rings is 1. The third-order valence-corrected chi connectivity index (χ3v) is 3.83. The molecule has 7 heteroatoms. The number of methoxy groups -OCH3 is 1. The first-order chi connectivity index (χ1) is 11.5. The highest BCUT2D eigenvalue weighted by Crippen LogP contribution is 2.34. The molecule has 0 bridgehead atoms. The summed E-state index contributed by atoms with van der Waals surface area (Å²) in [5.74, 6) is 1.37. The Bertz CT molecular complexity index is 696. The van der Waals surface area contributed by atoms with Crippen molar-refractivity contribution in [1.29, 1.82) is 0 Å². The highest BCUT2D eigenvalue weighted by molar-refractivity contribution is 5.56. The van der Waals surface area contributed by atoms with Crippen molar-refractivity contribution in [2.75, 3.05) is 25.1 Å². The number of hydrogen-bond acceptors (Lipinski definition) is 4. The van der Waals surface area contributed by atoms with Crippen molar-refractivity contribution >= 4 is 5.69 Å². The zero-order valence-corrected chi connectivity index (χ0v) is 13.1. The van der Waals surface area contributed by atoms with Gasteiger partial charge in [0.2, 0.25) is 0 Å². The quantitative estimate of drug-likeness (QED) is 0.822. The van der Waals surface area contributed by atoms with E-state index in [1.54, 1.807) is 13.2 Å². The number of anilines is 1. The maximum Gasteiger partial charge on any atom is 0.433 e. The molecule has 1 aromatic carbocycles. The summed E-state index contributed by atoms with van der Waals surface area (Å²) < 4.78 is 48.6. The van der Waals surface area contributed by atoms with E-state index in [1.807, 2.05) is 12.1 Å². The molecule has 24 heavy (non-hydrogen) atoms. The van der Waals surface area contributed by atoms with Crippen LogP contribution in [-0.2, 0) is 6.18 Å². The lowest BCUT2D eigenvalue weighted by atomic mass is 10.2. The van der Waals surface area contributed by atoms with Gasteiger partial charge >= 0.3 is 6.18 Å². The van der Waals surface area contributed by atoms with Crippen molar-refractivity contribution in [2.24, 2.45) is 0 Å². The summed E-state index contributed by atoms with van der Waals surface area (Å²) in [6.07, 6.45) is -1.12. The minimum atomic E-state index is -4.46. The zero-order chi connectivity index (χ0) is 17.2. The van der Waals surface area contributed by atoms with Gasteiger partial charge in [-0.1, -0.05) is 0 Å². The van der Waals surface area contributed by atoms with E-state index >= 15 is 0 Å². The molecule has 1 fully saturated rings. The van der Waals surface area contributed by atoms with Crippen molar-refractivity contribution in [2.45, 2.75) is 19.0 Å². The topological polar surface area (TPSA) is 34.6 Å². The Kier molecular flexibility index (Phi) is 4.51. The van der Waals surface area contributed by atoms with Crippen molar-refractivity contribution < 1.29 is 22.6 Å². The number of hydrogen-bond donors (Lipinski definition) is 0. The Balaban J connectivity index is 1.82. The molecule has 128 valence electrons. The normalized spacial score (nSPS) is 14.8. The summed E-state index contributed by atoms with van der Waals surface area (Å²) in [7, 11) is 1.56. The predicted molar refractivity (Wildman–Crippen MR) is 83.8 cm³/mol. The van der Waals surface area contributed by atoms with Crippen LogP contribution in [0.1, 0.15) is 18.5 Å². The van der Waals surface area contributed by atoms with Gasteiger partial charge in [-0.05, 0) is 25.0 Å². The second-order valence-corrected chi connectivity index (χ2v) is 5.54. The molecular formula is C17H17F3N2O2. The summed E-state index contributed by atoms with van der Waals surface area (Å²) >= 11 is 0. The summed E-state index contributed by atoms with van der Waals surface area (Å²) in [4.78, 5) is 5.62. The second-order valence-electron chi connectivity index (χ2n) is 5.54. The van der Waals surface area contributed by atoms with Crippen LogP contribution in [0.2, 0.25) is 0 Å². The van der Waals surface area contributed by atoms with E-state index in [1.165, 1.54) is 6.07 Å². The van der Waals surface area contributed by atoms with Gasteiger partial charge in [0.15, 0.2) is 0 Å². The summed E-state index contributed by atoms with van der Waals surface area (Å²) in [5.41, 5.74) is 0.0277. The molecule has 1 aliphatic rings. The molecule has 0 saturated carbocycles. The van der Waals surface area contributed by atoms with E-state index < -0.39 is 11.9 Å². The number of halogens is 3. The molecule has 0 N–H and O–H groups in total. The SMILES string of the molecule is COc1cc(Oc2ccc(C(F)(F)F)nc2)cc(N2CCCC2)c1. The minimum absolute atomic E-state index is 0.239. The summed E-state index contributed by atoms with van der Waals surface area (Å²) in [6, 6.07) is 7.62. The molecule has 1 aromatic heterocycles. The highest BCUT2D eigenvalue weighted by Gasteiger charge is 2.32. The lowest BCUT2D eigenvalue weighted by Crippen LogP contribution is -2.17. The number of ether oxygens (including phenoxy) is 2. The number of pyridine rings is 1. The zero-order valence-electron chi connectivity index (χ0n) is 13.1. The van der Waals surface area contributed by atoms with E-state index in [2.05, 4.69) is 9.88 Å². The first-order valence-electron chi connectivity index (χ1n) is 7.61. The van der Waals surface area contributed by atoms with Crippen molar-refractivity contribution in [1.82, 2.24) is 4.98 Å². The van der Waals surface area contributed by atoms with E-state index in [0.717, 1.165) is 43.9 Å². The van der Waals surface area contributed by atoms with Gasteiger partial charge in [-0.2, -0.15) is 13.2 Å². The van der Waals surface area contributed by atoms with Crippen LogP contribution < -0.4 is 14.4 Å². The standard InChI is InChI=1S/C17H17F3N2O2/c1-23-14-8-12(22-6-2-3-7-22)9-15(10-14)24-13-4-5-16(21-11-13)17(18,19)20/h4-5,8-11H,2-3,6-7H2,1H3. The number of nitrogens with zero attached hydrogens (tertiary/aromatic N) is 2. The van der Waals surface area contributed by atoms with E-state index in [-0.39, 0.29) is 5.75 Å². The molecule has 0 amide bonds. The Labute approximate surface area is 137 Å². The second kappa shape index (κ2) is 6.59. The van der Waals surface area contributed by atoms with Gasteiger partial charge in [0, 0.05) is 37.0 Å². The smallest absolute Gasteiger partial charge is 0.433 e. The molecule has 2 heterocycles. The molecule has 0 atom stereocenters. The lowest BCUT2D eigenvalue weighted by Gasteiger charge is -2.19. The summed E-state index contributed by atoms with van der Waals surface area (Å²) in [5, 5.41) is 0. The van der Waals surface area contributed by atoms with Crippen LogP contribution in [0.15, 0.2) is 36.5 Å². The number of rotatable bonds is 4. The van der Waals surface area contributed by atoms with Crippen molar-refractivity contribution in [3.8, 4) is 17.2 Å². The Hall–Kier alpha value is -2.44. The molecule has 1 aliphatic heterocycles. The van der Waals surface area contributed by atoms with Gasteiger partial charge in [-0.15, -0.1) is 0 Å². The highest BCUT2D eigenvalue weighted by atomic mass is 19.4. The molecule has 1 saturated heterocycles. The van der Waals surface area contributed by atoms with Crippen LogP contribution in [-0.4, -0.2) is 25.2 Å². The average molecular weight is 338 g/mol. The van der Waals surface area contributed by atoms with Gasteiger partial charge in [0.1, 0.15) is 22.9 Å². The Morgan fingerprint density at radius 1 is 1.00 bits per heavy atom. The number of aromatic nitrogens is 1. The maximum absolute atomic E-state index is 12.5.